The average molecular weight is 599 g/mol. The zero-order chi connectivity index (χ0) is 31.6. The van der Waals surface area contributed by atoms with E-state index in [1.807, 2.05) is 11.8 Å². The van der Waals surface area contributed by atoms with E-state index in [1.54, 1.807) is 24.3 Å². The van der Waals surface area contributed by atoms with Crippen molar-refractivity contribution in [2.45, 2.75) is 77.7 Å². The molecule has 4 rings (SSSR count). The molecule has 0 radical (unpaired) electrons. The number of benzene rings is 2. The number of rotatable bonds is 7. The minimum Gasteiger partial charge on any atom is -0.328 e. The first kappa shape index (κ1) is 31.9. The van der Waals surface area contributed by atoms with Gasteiger partial charge in [-0.05, 0) is 73.3 Å². The number of carbonyl (C=O) groups is 3. The van der Waals surface area contributed by atoms with Gasteiger partial charge in [0.05, 0.1) is 11.6 Å². The highest BCUT2D eigenvalue weighted by Gasteiger charge is 2.52. The first-order valence-corrected chi connectivity index (χ1v) is 14.3. The van der Waals surface area contributed by atoms with Gasteiger partial charge in [0.2, 0.25) is 0 Å². The van der Waals surface area contributed by atoms with E-state index in [0.29, 0.717) is 36.3 Å². The molecule has 0 saturated heterocycles. The Labute approximate surface area is 249 Å². The molecule has 1 fully saturated rings. The molecule has 8 nitrogen and oxygen atoms in total. The zero-order valence-corrected chi connectivity index (χ0v) is 24.7. The SMILES string of the molecule is CCC(c1ccc(C(=O)N/C=C/C(=O)NO)cc1)N1C(=O)C(c2ccc(C(F)(F)F)cc2)=NC12CCC(C(C)(C)C)CC2. The Morgan fingerprint density at radius 2 is 1.67 bits per heavy atom. The van der Waals surface area contributed by atoms with Crippen LogP contribution in [0.1, 0.15) is 92.9 Å². The molecular formula is C32H37F3N4O4. The van der Waals surface area contributed by atoms with Crippen molar-refractivity contribution in [3.63, 3.8) is 0 Å². The Balaban J connectivity index is 1.66. The van der Waals surface area contributed by atoms with E-state index in [2.05, 4.69) is 26.1 Å². The summed E-state index contributed by atoms with van der Waals surface area (Å²) in [5, 5.41) is 11.0. The lowest BCUT2D eigenvalue weighted by molar-refractivity contribution is -0.137. The largest absolute Gasteiger partial charge is 0.416 e. The van der Waals surface area contributed by atoms with Crippen LogP contribution in [0.4, 0.5) is 13.2 Å². The molecule has 1 aliphatic heterocycles. The predicted molar refractivity (Wildman–Crippen MR) is 155 cm³/mol. The standard InChI is InChI=1S/C32H37F3N4O4/c1-5-25(20-6-8-22(9-7-20)28(41)36-19-16-26(40)38-43)39-29(42)27(21-10-12-24(13-11-21)32(33,34)35)37-31(39)17-14-23(15-18-31)30(2,3)4/h6-13,16,19,23,25,43H,5,14-15,17-18H2,1-4H3,(H,36,41)(H,38,40)/b19-16+. The van der Waals surface area contributed by atoms with E-state index >= 15 is 0 Å². The van der Waals surface area contributed by atoms with Gasteiger partial charge in [-0.2, -0.15) is 13.2 Å². The van der Waals surface area contributed by atoms with Crippen molar-refractivity contribution in [2.75, 3.05) is 0 Å². The Bertz CT molecular complexity index is 1400. The number of nitrogens with zero attached hydrogens (tertiary/aromatic N) is 2. The van der Waals surface area contributed by atoms with Crippen LogP contribution in [0.3, 0.4) is 0 Å². The fraction of sp³-hybridized carbons (Fsp3) is 0.438. The predicted octanol–water partition coefficient (Wildman–Crippen LogP) is 6.17. The van der Waals surface area contributed by atoms with E-state index in [-0.39, 0.29) is 23.1 Å². The van der Waals surface area contributed by atoms with Gasteiger partial charge in [0.15, 0.2) is 0 Å². The number of nitrogens with one attached hydrogen (secondary N) is 2. The van der Waals surface area contributed by atoms with Crippen molar-refractivity contribution in [1.82, 2.24) is 15.7 Å². The monoisotopic (exact) mass is 598 g/mol. The third kappa shape index (κ3) is 6.82. The summed E-state index contributed by atoms with van der Waals surface area (Å²) in [7, 11) is 0. The fourth-order valence-electron chi connectivity index (χ4n) is 6.09. The summed E-state index contributed by atoms with van der Waals surface area (Å²) in [6, 6.07) is 11.0. The molecule has 3 N–H and O–H groups in total. The Morgan fingerprint density at radius 3 is 2.19 bits per heavy atom. The summed E-state index contributed by atoms with van der Waals surface area (Å²) in [6.45, 7) is 8.57. The summed E-state index contributed by atoms with van der Waals surface area (Å²) < 4.78 is 39.7. The van der Waals surface area contributed by atoms with Gasteiger partial charge in [-0.3, -0.25) is 24.6 Å². The van der Waals surface area contributed by atoms with Crippen LogP contribution in [0.15, 0.2) is 65.8 Å². The highest BCUT2D eigenvalue weighted by molar-refractivity contribution is 6.46. The molecule has 2 aromatic rings. The number of carbonyl (C=O) groups excluding carboxylic acids is 3. The second-order valence-corrected chi connectivity index (χ2v) is 12.2. The van der Waals surface area contributed by atoms with Crippen LogP contribution < -0.4 is 10.8 Å². The number of aliphatic imine (C=N–C) groups is 1. The van der Waals surface area contributed by atoms with Crippen LogP contribution in [0, 0.1) is 11.3 Å². The number of alkyl halides is 3. The van der Waals surface area contributed by atoms with Crippen molar-refractivity contribution in [1.29, 1.82) is 0 Å². The number of hydroxylamine groups is 1. The molecule has 43 heavy (non-hydrogen) atoms. The summed E-state index contributed by atoms with van der Waals surface area (Å²) in [5.41, 5.74) is 1.53. The Morgan fingerprint density at radius 1 is 1.07 bits per heavy atom. The maximum absolute atomic E-state index is 14.1. The van der Waals surface area contributed by atoms with Gasteiger partial charge in [-0.1, -0.05) is 52.0 Å². The lowest BCUT2D eigenvalue weighted by Gasteiger charge is -2.47. The Kier molecular flexibility index (Phi) is 9.15. The Hall–Kier alpha value is -3.99. The summed E-state index contributed by atoms with van der Waals surface area (Å²) in [5.74, 6) is -1.14. The van der Waals surface area contributed by atoms with Gasteiger partial charge >= 0.3 is 6.18 Å². The van der Waals surface area contributed by atoms with Gasteiger partial charge in [-0.15, -0.1) is 0 Å². The molecule has 1 spiro atoms. The number of hydrogen-bond donors (Lipinski definition) is 3. The zero-order valence-electron chi connectivity index (χ0n) is 24.7. The molecular weight excluding hydrogens is 561 g/mol. The molecule has 1 aliphatic carbocycles. The number of hydrogen-bond acceptors (Lipinski definition) is 5. The van der Waals surface area contributed by atoms with Crippen LogP contribution in [-0.2, 0) is 15.8 Å². The molecule has 0 aromatic heterocycles. The molecule has 230 valence electrons. The maximum atomic E-state index is 14.1. The number of halogens is 3. The lowest BCUT2D eigenvalue weighted by atomic mass is 9.69. The highest BCUT2D eigenvalue weighted by Crippen LogP contribution is 2.49. The molecule has 1 atom stereocenters. The minimum absolute atomic E-state index is 0.0899. The number of amides is 3. The highest BCUT2D eigenvalue weighted by atomic mass is 19.4. The fourth-order valence-corrected chi connectivity index (χ4v) is 6.09. The third-order valence-electron chi connectivity index (χ3n) is 8.50. The van der Waals surface area contributed by atoms with Crippen LogP contribution in [0.5, 0.6) is 0 Å². The van der Waals surface area contributed by atoms with Gasteiger partial charge in [0.25, 0.3) is 17.7 Å². The van der Waals surface area contributed by atoms with E-state index in [0.717, 1.165) is 42.8 Å². The normalized spacial score (nSPS) is 21.7. The van der Waals surface area contributed by atoms with Gasteiger partial charge in [0.1, 0.15) is 11.4 Å². The van der Waals surface area contributed by atoms with Crippen LogP contribution in [0.2, 0.25) is 0 Å². The van der Waals surface area contributed by atoms with Gasteiger partial charge < -0.3 is 10.2 Å². The molecule has 3 amide bonds. The van der Waals surface area contributed by atoms with Crippen LogP contribution in [0.25, 0.3) is 0 Å². The van der Waals surface area contributed by atoms with Gasteiger partial charge in [-0.25, -0.2) is 5.48 Å². The second-order valence-electron chi connectivity index (χ2n) is 12.2. The quantitative estimate of drug-likeness (QED) is 0.201. The molecule has 0 bridgehead atoms. The third-order valence-corrected chi connectivity index (χ3v) is 8.50. The van der Waals surface area contributed by atoms with E-state index in [1.165, 1.54) is 17.6 Å². The molecule has 11 heteroatoms. The van der Waals surface area contributed by atoms with Crippen molar-refractivity contribution < 1.29 is 32.8 Å². The second kappa shape index (κ2) is 12.3. The molecule has 1 saturated carbocycles. The van der Waals surface area contributed by atoms with Crippen LogP contribution in [-0.4, -0.2) is 39.2 Å². The van der Waals surface area contributed by atoms with Crippen molar-refractivity contribution in [3.8, 4) is 0 Å². The first-order valence-electron chi connectivity index (χ1n) is 14.3. The maximum Gasteiger partial charge on any atom is 0.416 e. The van der Waals surface area contributed by atoms with Crippen LogP contribution >= 0.6 is 0 Å². The van der Waals surface area contributed by atoms with Gasteiger partial charge in [0, 0.05) is 23.4 Å². The van der Waals surface area contributed by atoms with Crippen molar-refractivity contribution >= 4 is 23.4 Å². The first-order chi connectivity index (χ1) is 20.2. The average Bonchev–Trinajstić information content (AvgIpc) is 3.24. The van der Waals surface area contributed by atoms with E-state index < -0.39 is 29.2 Å². The molecule has 1 unspecified atom stereocenters. The molecule has 1 heterocycles. The van der Waals surface area contributed by atoms with E-state index in [9.17, 15) is 27.6 Å². The smallest absolute Gasteiger partial charge is 0.328 e. The van der Waals surface area contributed by atoms with E-state index in [4.69, 9.17) is 10.2 Å². The molecule has 2 aromatic carbocycles. The lowest BCUT2D eigenvalue weighted by Crippen LogP contribution is -2.51. The minimum atomic E-state index is -4.49. The van der Waals surface area contributed by atoms with Crippen molar-refractivity contribution in [3.05, 3.63) is 83.1 Å². The summed E-state index contributed by atoms with van der Waals surface area (Å²) in [6.07, 6.45) is 1.11. The van der Waals surface area contributed by atoms with Crippen molar-refractivity contribution in [2.24, 2.45) is 16.3 Å². The topological polar surface area (TPSA) is 111 Å². The summed E-state index contributed by atoms with van der Waals surface area (Å²) >= 11 is 0. The molecule has 2 aliphatic rings. The summed E-state index contributed by atoms with van der Waals surface area (Å²) in [4.78, 5) is 44.6.